The number of pyridine rings is 2. The van der Waals surface area contributed by atoms with Crippen LogP contribution in [0.5, 0.6) is 0 Å². The molecule has 5 aromatic carbocycles. The molecule has 0 bridgehead atoms. The summed E-state index contributed by atoms with van der Waals surface area (Å²) in [5.41, 5.74) is 8.12. The summed E-state index contributed by atoms with van der Waals surface area (Å²) < 4.78 is 6.14. The van der Waals surface area contributed by atoms with Crippen LogP contribution >= 0.6 is 0 Å². The van der Waals surface area contributed by atoms with E-state index in [1.165, 1.54) is 0 Å². The van der Waals surface area contributed by atoms with Gasteiger partial charge in [-0.1, -0.05) is 115 Å². The highest BCUT2D eigenvalue weighted by Crippen LogP contribution is 2.37. The SMILES string of the molecule is c1ccc(-c2nc(-c3ccccc3)nc(-c3cccc(-c4cccc5cnc(-c6nccc7oc8ccccc8c67)cc45)c3)n2)cc1. The molecule has 4 heterocycles. The van der Waals surface area contributed by atoms with Crippen molar-refractivity contribution in [3.8, 4) is 56.7 Å². The van der Waals surface area contributed by atoms with Crippen LogP contribution in [-0.4, -0.2) is 24.9 Å². The number of benzene rings is 5. The third kappa shape index (κ3) is 4.80. The van der Waals surface area contributed by atoms with Crippen LogP contribution in [-0.2, 0) is 0 Å². The van der Waals surface area contributed by atoms with Gasteiger partial charge in [0.1, 0.15) is 16.9 Å². The maximum atomic E-state index is 6.14. The van der Waals surface area contributed by atoms with Gasteiger partial charge in [-0.15, -0.1) is 0 Å². The van der Waals surface area contributed by atoms with Crippen LogP contribution in [0.3, 0.4) is 0 Å². The van der Waals surface area contributed by atoms with Crippen molar-refractivity contribution < 1.29 is 4.42 Å². The first kappa shape index (κ1) is 26.8. The number of fused-ring (bicyclic) bond motifs is 4. The Morgan fingerprint density at radius 2 is 1.09 bits per heavy atom. The van der Waals surface area contributed by atoms with E-state index < -0.39 is 0 Å². The van der Waals surface area contributed by atoms with E-state index in [2.05, 4.69) is 54.6 Å². The predicted octanol–water partition coefficient (Wildman–Crippen LogP) is 10.0. The van der Waals surface area contributed by atoms with E-state index in [-0.39, 0.29) is 0 Å². The highest BCUT2D eigenvalue weighted by atomic mass is 16.3. The first-order chi connectivity index (χ1) is 23.3. The van der Waals surface area contributed by atoms with Crippen molar-refractivity contribution in [3.05, 3.63) is 152 Å². The third-order valence-corrected chi connectivity index (χ3v) is 8.43. The van der Waals surface area contributed by atoms with E-state index in [1.807, 2.05) is 91.1 Å². The van der Waals surface area contributed by atoms with Crippen molar-refractivity contribution in [2.24, 2.45) is 0 Å². The second-order valence-electron chi connectivity index (χ2n) is 11.3. The van der Waals surface area contributed by atoms with Gasteiger partial charge in [-0.2, -0.15) is 0 Å². The van der Waals surface area contributed by atoms with Gasteiger partial charge in [-0.25, -0.2) is 15.0 Å². The quantitative estimate of drug-likeness (QED) is 0.195. The van der Waals surface area contributed by atoms with Crippen molar-refractivity contribution in [2.75, 3.05) is 0 Å². The fraction of sp³-hybridized carbons (Fsp3) is 0. The predicted molar refractivity (Wildman–Crippen MR) is 187 cm³/mol. The van der Waals surface area contributed by atoms with Gasteiger partial charge in [0.2, 0.25) is 0 Å². The molecule has 0 atom stereocenters. The molecule has 0 fully saturated rings. The number of rotatable bonds is 5. The lowest BCUT2D eigenvalue weighted by molar-refractivity contribution is 0.668. The molecule has 0 aliphatic carbocycles. The average Bonchev–Trinajstić information content (AvgIpc) is 3.54. The van der Waals surface area contributed by atoms with E-state index in [0.29, 0.717) is 17.5 Å². The first-order valence-electron chi connectivity index (χ1n) is 15.4. The van der Waals surface area contributed by atoms with Gasteiger partial charge >= 0.3 is 0 Å². The van der Waals surface area contributed by atoms with Crippen LogP contribution in [0.15, 0.2) is 156 Å². The summed E-state index contributed by atoms with van der Waals surface area (Å²) in [6.45, 7) is 0. The van der Waals surface area contributed by atoms with E-state index in [1.54, 1.807) is 6.20 Å². The second-order valence-corrected chi connectivity index (χ2v) is 11.3. The van der Waals surface area contributed by atoms with Crippen molar-refractivity contribution >= 4 is 32.7 Å². The first-order valence-corrected chi connectivity index (χ1v) is 15.4. The molecule has 0 N–H and O–H groups in total. The molecule has 6 nitrogen and oxygen atoms in total. The molecule has 47 heavy (non-hydrogen) atoms. The third-order valence-electron chi connectivity index (χ3n) is 8.43. The summed E-state index contributed by atoms with van der Waals surface area (Å²) in [6, 6.07) is 46.8. The van der Waals surface area contributed by atoms with E-state index >= 15 is 0 Å². The topological polar surface area (TPSA) is 77.6 Å². The zero-order valence-corrected chi connectivity index (χ0v) is 25.1. The second kappa shape index (κ2) is 11.1. The zero-order chi connectivity index (χ0) is 31.2. The molecule has 0 spiro atoms. The Balaban J connectivity index is 1.19. The minimum atomic E-state index is 0.616. The molecule has 0 aliphatic rings. The minimum Gasteiger partial charge on any atom is -0.456 e. The Labute approximate surface area is 270 Å². The molecule has 0 radical (unpaired) electrons. The van der Waals surface area contributed by atoms with Crippen molar-refractivity contribution in [2.45, 2.75) is 0 Å². The largest absolute Gasteiger partial charge is 0.456 e. The molecule has 0 saturated heterocycles. The molecular weight excluding hydrogens is 578 g/mol. The lowest BCUT2D eigenvalue weighted by Crippen LogP contribution is -2.00. The highest BCUT2D eigenvalue weighted by Gasteiger charge is 2.17. The van der Waals surface area contributed by atoms with E-state index in [0.717, 1.165) is 71.9 Å². The lowest BCUT2D eigenvalue weighted by atomic mass is 9.96. The molecule has 9 aromatic rings. The molecule has 220 valence electrons. The van der Waals surface area contributed by atoms with Crippen LogP contribution in [0.2, 0.25) is 0 Å². The molecule has 0 amide bonds. The van der Waals surface area contributed by atoms with Crippen molar-refractivity contribution in [1.29, 1.82) is 0 Å². The molecule has 4 aromatic heterocycles. The molecule has 9 rings (SSSR count). The number of furan rings is 1. The Bertz CT molecular complexity index is 2520. The highest BCUT2D eigenvalue weighted by molar-refractivity contribution is 6.11. The number of aromatic nitrogens is 5. The monoisotopic (exact) mass is 603 g/mol. The van der Waals surface area contributed by atoms with Crippen molar-refractivity contribution in [3.63, 3.8) is 0 Å². The molecule has 6 heteroatoms. The molecule has 0 saturated carbocycles. The van der Waals surface area contributed by atoms with Crippen LogP contribution in [0.4, 0.5) is 0 Å². The van der Waals surface area contributed by atoms with Gasteiger partial charge in [0, 0.05) is 39.9 Å². The molecule has 0 unspecified atom stereocenters. The average molecular weight is 604 g/mol. The van der Waals surface area contributed by atoms with Gasteiger partial charge in [0.15, 0.2) is 17.5 Å². The van der Waals surface area contributed by atoms with E-state index in [4.69, 9.17) is 29.3 Å². The van der Waals surface area contributed by atoms with E-state index in [9.17, 15) is 0 Å². The number of hydrogen-bond acceptors (Lipinski definition) is 6. The smallest absolute Gasteiger partial charge is 0.164 e. The number of nitrogens with zero attached hydrogens (tertiary/aromatic N) is 5. The summed E-state index contributed by atoms with van der Waals surface area (Å²) in [5.74, 6) is 1.88. The van der Waals surface area contributed by atoms with Gasteiger partial charge in [0.25, 0.3) is 0 Å². The maximum absolute atomic E-state index is 6.14. The number of para-hydroxylation sites is 1. The van der Waals surface area contributed by atoms with Crippen molar-refractivity contribution in [1.82, 2.24) is 24.9 Å². The van der Waals surface area contributed by atoms with Gasteiger partial charge in [-0.3, -0.25) is 9.97 Å². The Hall–Kier alpha value is -6.53. The summed E-state index contributed by atoms with van der Waals surface area (Å²) in [7, 11) is 0. The van der Waals surface area contributed by atoms with Crippen LogP contribution in [0.25, 0.3) is 89.4 Å². The molecule has 0 aliphatic heterocycles. The standard InChI is InChI=1S/C41H25N5O/c1-3-11-26(12-4-1)39-44-40(27-13-5-2-6-14-27)46-41(45-39)29-16-9-15-28(23-29)31-19-10-17-30-25-43-34(24-33(30)31)38-37-32-18-7-8-20-35(32)47-36(37)21-22-42-38/h1-25H. The minimum absolute atomic E-state index is 0.616. The normalized spacial score (nSPS) is 11.4. The molecular formula is C41H25N5O. The zero-order valence-electron chi connectivity index (χ0n) is 25.1. The van der Waals surface area contributed by atoms with Gasteiger partial charge in [-0.05, 0) is 40.8 Å². The summed E-state index contributed by atoms with van der Waals surface area (Å²) in [4.78, 5) is 24.4. The summed E-state index contributed by atoms with van der Waals surface area (Å²) >= 11 is 0. The Morgan fingerprint density at radius 3 is 1.85 bits per heavy atom. The fourth-order valence-electron chi connectivity index (χ4n) is 6.18. The Morgan fingerprint density at radius 1 is 0.447 bits per heavy atom. The van der Waals surface area contributed by atoms with Crippen LogP contribution < -0.4 is 0 Å². The maximum Gasteiger partial charge on any atom is 0.164 e. The van der Waals surface area contributed by atoms with Gasteiger partial charge in [0.05, 0.1) is 11.1 Å². The Kier molecular flexibility index (Phi) is 6.35. The fourth-order valence-corrected chi connectivity index (χ4v) is 6.18. The lowest BCUT2D eigenvalue weighted by Gasteiger charge is -2.11. The summed E-state index contributed by atoms with van der Waals surface area (Å²) in [6.07, 6.45) is 3.70. The van der Waals surface area contributed by atoms with Crippen LogP contribution in [0, 0.1) is 0 Å². The van der Waals surface area contributed by atoms with Gasteiger partial charge < -0.3 is 4.42 Å². The number of hydrogen-bond donors (Lipinski definition) is 0. The van der Waals surface area contributed by atoms with Crippen LogP contribution in [0.1, 0.15) is 0 Å². The summed E-state index contributed by atoms with van der Waals surface area (Å²) in [5, 5.41) is 4.11.